The lowest BCUT2D eigenvalue weighted by atomic mass is 9.85. The van der Waals surface area contributed by atoms with Gasteiger partial charge in [-0.25, -0.2) is 4.79 Å². The molecule has 0 saturated carbocycles. The maximum Gasteiger partial charge on any atom is 0.335 e. The van der Waals surface area contributed by atoms with Crippen LogP contribution < -0.4 is 0 Å². The zero-order chi connectivity index (χ0) is 26.6. The Morgan fingerprint density at radius 1 is 1.05 bits per heavy atom. The first-order valence-corrected chi connectivity index (χ1v) is 13.5. The van der Waals surface area contributed by atoms with E-state index >= 15 is 0 Å². The summed E-state index contributed by atoms with van der Waals surface area (Å²) in [6.45, 7) is 4.73. The van der Waals surface area contributed by atoms with Crippen molar-refractivity contribution in [1.29, 1.82) is 5.26 Å². The van der Waals surface area contributed by atoms with Gasteiger partial charge in [-0.1, -0.05) is 36.4 Å². The summed E-state index contributed by atoms with van der Waals surface area (Å²) < 4.78 is 12.4. The van der Waals surface area contributed by atoms with Crippen molar-refractivity contribution in [2.24, 2.45) is 5.92 Å². The third-order valence-corrected chi connectivity index (χ3v) is 7.88. The second kappa shape index (κ2) is 11.3. The molecule has 0 radical (unpaired) electrons. The van der Waals surface area contributed by atoms with Crippen LogP contribution in [-0.2, 0) is 12.8 Å². The number of fused-ring (bicyclic) bond motifs is 1. The molecule has 0 aromatic heterocycles. The topological polar surface area (TPSA) is 64.3 Å². The minimum absolute atomic E-state index is 0.247. The summed E-state index contributed by atoms with van der Waals surface area (Å²) in [7, 11) is 0. The predicted molar refractivity (Wildman–Crippen MR) is 149 cm³/mol. The fraction of sp³-hybridized carbons (Fsp3) is 0.333. The Balaban J connectivity index is 1.52. The Morgan fingerprint density at radius 3 is 2.50 bits per heavy atom. The van der Waals surface area contributed by atoms with Gasteiger partial charge in [0.2, 0.25) is 0 Å². The Hall–Kier alpha value is -3.75. The molecule has 0 atom stereocenters. The number of hydrogen-bond acceptors (Lipinski definition) is 3. The Bertz CT molecular complexity index is 1410. The third-order valence-electron chi connectivity index (χ3n) is 7.88. The van der Waals surface area contributed by atoms with Crippen molar-refractivity contribution >= 4 is 17.1 Å². The minimum Gasteiger partial charge on any atom is -0.478 e. The molecule has 3 aromatic carbocycles. The van der Waals surface area contributed by atoms with Gasteiger partial charge in [0.05, 0.1) is 23.9 Å². The van der Waals surface area contributed by atoms with Gasteiger partial charge in [-0.2, -0.15) is 5.26 Å². The van der Waals surface area contributed by atoms with E-state index in [4.69, 9.17) is 0 Å². The van der Waals surface area contributed by atoms with E-state index in [9.17, 15) is 19.6 Å². The van der Waals surface area contributed by atoms with E-state index in [-0.39, 0.29) is 6.67 Å². The Labute approximate surface area is 224 Å². The van der Waals surface area contributed by atoms with Crippen LogP contribution in [0.4, 0.5) is 4.39 Å². The number of carbonyl (C=O) groups is 1. The second-order valence-electron chi connectivity index (χ2n) is 10.6. The highest BCUT2D eigenvalue weighted by Gasteiger charge is 2.26. The molecule has 38 heavy (non-hydrogen) atoms. The summed E-state index contributed by atoms with van der Waals surface area (Å²) in [4.78, 5) is 14.0. The van der Waals surface area contributed by atoms with Crippen molar-refractivity contribution in [3.63, 3.8) is 0 Å². The highest BCUT2D eigenvalue weighted by atomic mass is 19.1. The number of benzene rings is 3. The number of carboxylic acid groups (broad SMARTS) is 1. The molecule has 4 nitrogen and oxygen atoms in total. The number of aromatic carboxylic acids is 1. The van der Waals surface area contributed by atoms with Crippen LogP contribution in [0.25, 0.3) is 11.1 Å². The average Bonchev–Trinajstić information content (AvgIpc) is 3.09. The first-order valence-electron chi connectivity index (χ1n) is 13.5. The van der Waals surface area contributed by atoms with Crippen LogP contribution in [0.5, 0.6) is 0 Å². The second-order valence-corrected chi connectivity index (χ2v) is 10.6. The maximum absolute atomic E-state index is 12.4. The van der Waals surface area contributed by atoms with E-state index < -0.39 is 5.97 Å². The summed E-state index contributed by atoms with van der Waals surface area (Å²) in [5.41, 5.74) is 10.1. The number of rotatable bonds is 8. The molecule has 1 aliphatic heterocycles. The Morgan fingerprint density at radius 2 is 1.82 bits per heavy atom. The lowest BCUT2D eigenvalue weighted by Gasteiger charge is -2.39. The number of nitrogens with zero attached hydrogens (tertiary/aromatic N) is 2. The van der Waals surface area contributed by atoms with Crippen LogP contribution in [0.1, 0.15) is 68.6 Å². The van der Waals surface area contributed by atoms with E-state index in [1.807, 2.05) is 24.3 Å². The van der Waals surface area contributed by atoms with Gasteiger partial charge >= 0.3 is 5.97 Å². The molecule has 0 spiro atoms. The molecule has 1 heterocycles. The van der Waals surface area contributed by atoms with Crippen molar-refractivity contribution in [2.75, 3.05) is 26.3 Å². The molecule has 1 saturated heterocycles. The molecule has 1 N–H and O–H groups in total. The lowest BCUT2D eigenvalue weighted by molar-refractivity contribution is 0.0696. The van der Waals surface area contributed by atoms with Crippen LogP contribution in [0.15, 0.2) is 60.7 Å². The lowest BCUT2D eigenvalue weighted by Crippen LogP contribution is -2.47. The van der Waals surface area contributed by atoms with Crippen LogP contribution in [0.3, 0.4) is 0 Å². The molecule has 0 unspecified atom stereocenters. The zero-order valence-corrected chi connectivity index (χ0v) is 21.8. The first-order chi connectivity index (χ1) is 18.5. The van der Waals surface area contributed by atoms with Gasteiger partial charge in [-0.05, 0) is 114 Å². The van der Waals surface area contributed by atoms with E-state index in [1.165, 1.54) is 11.1 Å². The number of hydrogen-bond donors (Lipinski definition) is 1. The molecule has 2 aliphatic rings. The van der Waals surface area contributed by atoms with Crippen molar-refractivity contribution in [3.8, 4) is 6.07 Å². The molecule has 5 rings (SSSR count). The number of alkyl halides is 1. The fourth-order valence-corrected chi connectivity index (χ4v) is 6.00. The average molecular weight is 509 g/mol. The number of carboxylic acids is 1. The van der Waals surface area contributed by atoms with Gasteiger partial charge in [0, 0.05) is 19.6 Å². The van der Waals surface area contributed by atoms with Crippen molar-refractivity contribution in [1.82, 2.24) is 4.90 Å². The largest absolute Gasteiger partial charge is 0.478 e. The number of nitriles is 1. The van der Waals surface area contributed by atoms with Gasteiger partial charge < -0.3 is 10.0 Å². The van der Waals surface area contributed by atoms with Gasteiger partial charge in [0.1, 0.15) is 0 Å². The number of aryl methyl sites for hydroxylation is 2. The number of allylic oxidation sites excluding steroid dienone is 1. The molecule has 5 heteroatoms. The quantitative estimate of drug-likeness (QED) is 0.368. The molecular weight excluding hydrogens is 475 g/mol. The summed E-state index contributed by atoms with van der Waals surface area (Å²) in [6.07, 6.45) is 4.25. The molecule has 0 bridgehead atoms. The number of halogens is 1. The van der Waals surface area contributed by atoms with Gasteiger partial charge in [-0.15, -0.1) is 0 Å². The fourth-order valence-electron chi connectivity index (χ4n) is 6.00. The highest BCUT2D eigenvalue weighted by Crippen LogP contribution is 2.41. The zero-order valence-electron chi connectivity index (χ0n) is 21.8. The molecule has 1 fully saturated rings. The van der Waals surface area contributed by atoms with Crippen molar-refractivity contribution < 1.29 is 14.3 Å². The van der Waals surface area contributed by atoms with Crippen LogP contribution in [0, 0.1) is 24.2 Å². The van der Waals surface area contributed by atoms with Crippen LogP contribution >= 0.6 is 0 Å². The number of likely N-dealkylation sites (tertiary alicyclic amines) is 1. The standard InChI is InChI=1S/C33H33FN2O2/c1-22-16-24(19-35)8-12-29(22)31-5-2-4-27-18-28(33(37)38)11-13-30(27)32(31)26-9-6-23(7-10-26)17-25-20-36(21-25)15-3-14-34/h6-13,16,18,25H,2-5,14-15,17,20-21H2,1H3,(H,37,38). The van der Waals surface area contributed by atoms with E-state index in [1.54, 1.807) is 6.07 Å². The minimum atomic E-state index is -0.908. The molecule has 1 aliphatic carbocycles. The van der Waals surface area contributed by atoms with Gasteiger partial charge in [0.15, 0.2) is 0 Å². The maximum atomic E-state index is 12.4. The van der Waals surface area contributed by atoms with Crippen LogP contribution in [-0.4, -0.2) is 42.3 Å². The third kappa shape index (κ3) is 5.42. The molecular formula is C33H33FN2O2. The van der Waals surface area contributed by atoms with E-state index in [0.717, 1.165) is 78.7 Å². The summed E-state index contributed by atoms with van der Waals surface area (Å²) in [5.74, 6) is -0.293. The molecule has 3 aromatic rings. The summed E-state index contributed by atoms with van der Waals surface area (Å²) in [6, 6.07) is 22.4. The predicted octanol–water partition coefficient (Wildman–Crippen LogP) is 6.69. The SMILES string of the molecule is Cc1cc(C#N)ccc1C1=C(c2ccc(CC3CN(CCCF)C3)cc2)c2ccc(C(=O)O)cc2CCC1. The Kier molecular flexibility index (Phi) is 7.72. The van der Waals surface area contributed by atoms with Gasteiger partial charge in [0.25, 0.3) is 0 Å². The monoisotopic (exact) mass is 508 g/mol. The van der Waals surface area contributed by atoms with Gasteiger partial charge in [-0.3, -0.25) is 4.39 Å². The summed E-state index contributed by atoms with van der Waals surface area (Å²) in [5, 5.41) is 19.0. The molecule has 0 amide bonds. The first kappa shape index (κ1) is 25.9. The molecule has 194 valence electrons. The van der Waals surface area contributed by atoms with Crippen molar-refractivity contribution in [2.45, 2.75) is 39.0 Å². The van der Waals surface area contributed by atoms with E-state index in [0.29, 0.717) is 23.5 Å². The summed E-state index contributed by atoms with van der Waals surface area (Å²) >= 11 is 0. The van der Waals surface area contributed by atoms with Crippen molar-refractivity contribution in [3.05, 3.63) is 105 Å². The van der Waals surface area contributed by atoms with Crippen LogP contribution in [0.2, 0.25) is 0 Å². The highest BCUT2D eigenvalue weighted by molar-refractivity contribution is 6.01. The smallest absolute Gasteiger partial charge is 0.335 e. The van der Waals surface area contributed by atoms with E-state index in [2.05, 4.69) is 48.2 Å². The normalized spacial score (nSPS) is 15.9.